The first-order valence-corrected chi connectivity index (χ1v) is 12.9. The van der Waals surface area contributed by atoms with Gasteiger partial charge in [-0.25, -0.2) is 0 Å². The van der Waals surface area contributed by atoms with E-state index < -0.39 is 0 Å². The maximum Gasteiger partial charge on any atom is 0.227 e. The van der Waals surface area contributed by atoms with Crippen molar-refractivity contribution in [3.63, 3.8) is 0 Å². The number of piperidine rings is 3. The van der Waals surface area contributed by atoms with Crippen LogP contribution in [0.15, 0.2) is 54.9 Å². The Labute approximate surface area is 211 Å². The number of anilines is 1. The molecule has 6 heterocycles. The quantitative estimate of drug-likeness (QED) is 0.528. The summed E-state index contributed by atoms with van der Waals surface area (Å²) in [5.41, 5.74) is 2.75. The smallest absolute Gasteiger partial charge is 0.227 e. The molecule has 0 aliphatic carbocycles. The molecule has 1 amide bonds. The lowest BCUT2D eigenvalue weighted by Gasteiger charge is -2.50. The monoisotopic (exact) mass is 487 g/mol. The number of hydrogen-bond donors (Lipinski definition) is 0. The number of rotatable bonds is 6. The number of amides is 1. The molecular formula is C27H33N7O2. The van der Waals surface area contributed by atoms with Crippen LogP contribution in [0.1, 0.15) is 12.8 Å². The number of ether oxygens (including phenoxy) is 1. The average Bonchev–Trinajstić information content (AvgIpc) is 3.42. The molecule has 1 aromatic carbocycles. The fourth-order valence-electron chi connectivity index (χ4n) is 6.14. The fourth-order valence-corrected chi connectivity index (χ4v) is 6.14. The summed E-state index contributed by atoms with van der Waals surface area (Å²) in [5.74, 6) is 1.77. The van der Waals surface area contributed by atoms with Gasteiger partial charge in [0, 0.05) is 45.0 Å². The minimum absolute atomic E-state index is 0.104. The number of para-hydroxylation sites is 2. The molecule has 4 unspecified atom stereocenters. The van der Waals surface area contributed by atoms with Crippen LogP contribution in [0, 0.1) is 11.8 Å². The highest BCUT2D eigenvalue weighted by molar-refractivity contribution is 5.80. The van der Waals surface area contributed by atoms with Gasteiger partial charge in [-0.05, 0) is 49.6 Å². The van der Waals surface area contributed by atoms with Crippen LogP contribution in [0.5, 0.6) is 5.75 Å². The molecule has 0 saturated carbocycles. The first-order valence-electron chi connectivity index (χ1n) is 12.9. The third-order valence-electron chi connectivity index (χ3n) is 8.08. The summed E-state index contributed by atoms with van der Waals surface area (Å²) in [7, 11) is 1.71. The second-order valence-electron chi connectivity index (χ2n) is 10.1. The van der Waals surface area contributed by atoms with Crippen molar-refractivity contribution < 1.29 is 9.53 Å². The highest BCUT2D eigenvalue weighted by Gasteiger charge is 2.44. The summed E-state index contributed by atoms with van der Waals surface area (Å²) in [4.78, 5) is 24.8. The lowest BCUT2D eigenvalue weighted by Crippen LogP contribution is -2.60. The van der Waals surface area contributed by atoms with Gasteiger partial charge in [-0.1, -0.05) is 23.4 Å². The van der Waals surface area contributed by atoms with Gasteiger partial charge in [-0.15, -0.1) is 5.10 Å². The van der Waals surface area contributed by atoms with Crippen molar-refractivity contribution in [2.45, 2.75) is 25.4 Å². The third kappa shape index (κ3) is 4.43. The summed E-state index contributed by atoms with van der Waals surface area (Å²) in [6.45, 7) is 5.90. The lowest BCUT2D eigenvalue weighted by molar-refractivity contribution is -0.144. The number of methoxy groups -OCH3 is 1. The number of aromatic nitrogens is 4. The summed E-state index contributed by atoms with van der Waals surface area (Å²) in [6.07, 6.45) is 5.90. The highest BCUT2D eigenvalue weighted by Crippen LogP contribution is 2.38. The predicted molar refractivity (Wildman–Crippen MR) is 137 cm³/mol. The fraction of sp³-hybridized carbons (Fsp3) is 0.481. The number of carbonyl (C=O) groups is 1. The largest absolute Gasteiger partial charge is 0.495 e. The molecule has 0 spiro atoms. The number of carbonyl (C=O) groups excluding carboxylic acids is 1. The highest BCUT2D eigenvalue weighted by atomic mass is 16.5. The molecule has 4 atom stereocenters. The van der Waals surface area contributed by atoms with Crippen LogP contribution in [0.3, 0.4) is 0 Å². The first-order chi connectivity index (χ1) is 17.7. The van der Waals surface area contributed by atoms with Crippen LogP contribution in [0.4, 0.5) is 5.69 Å². The number of benzene rings is 1. The van der Waals surface area contributed by atoms with Gasteiger partial charge in [0.1, 0.15) is 11.4 Å². The van der Waals surface area contributed by atoms with Gasteiger partial charge < -0.3 is 14.5 Å². The van der Waals surface area contributed by atoms with Gasteiger partial charge >= 0.3 is 0 Å². The maximum absolute atomic E-state index is 13.6. The Morgan fingerprint density at radius 3 is 2.61 bits per heavy atom. The molecular weight excluding hydrogens is 454 g/mol. The molecule has 4 aliphatic rings. The number of hydrogen-bond acceptors (Lipinski definition) is 7. The Morgan fingerprint density at radius 1 is 1.03 bits per heavy atom. The van der Waals surface area contributed by atoms with E-state index in [0.717, 1.165) is 81.5 Å². The zero-order valence-electron chi connectivity index (χ0n) is 20.7. The Balaban J connectivity index is 1.05. The maximum atomic E-state index is 13.6. The van der Waals surface area contributed by atoms with Crippen LogP contribution in [-0.4, -0.2) is 88.1 Å². The summed E-state index contributed by atoms with van der Waals surface area (Å²) >= 11 is 0. The lowest BCUT2D eigenvalue weighted by atomic mass is 9.75. The van der Waals surface area contributed by atoms with E-state index in [1.54, 1.807) is 13.3 Å². The Bertz CT molecular complexity index is 1190. The van der Waals surface area contributed by atoms with Gasteiger partial charge in [0.15, 0.2) is 0 Å². The van der Waals surface area contributed by atoms with Crippen molar-refractivity contribution >= 4 is 11.6 Å². The van der Waals surface area contributed by atoms with E-state index in [2.05, 4.69) is 36.1 Å². The van der Waals surface area contributed by atoms with Gasteiger partial charge in [-0.3, -0.25) is 19.4 Å². The molecule has 9 heteroatoms. The number of pyridine rings is 1. The van der Waals surface area contributed by atoms with Crippen molar-refractivity contribution in [1.29, 1.82) is 0 Å². The van der Waals surface area contributed by atoms with E-state index in [-0.39, 0.29) is 5.92 Å². The van der Waals surface area contributed by atoms with E-state index in [1.807, 2.05) is 47.3 Å². The molecule has 9 nitrogen and oxygen atoms in total. The molecule has 0 radical (unpaired) electrons. The van der Waals surface area contributed by atoms with E-state index >= 15 is 0 Å². The number of nitrogens with zero attached hydrogens (tertiary/aromatic N) is 7. The number of piperazine rings is 1. The van der Waals surface area contributed by atoms with Crippen molar-refractivity contribution in [3.05, 3.63) is 54.9 Å². The molecule has 4 saturated heterocycles. The first kappa shape index (κ1) is 23.0. The van der Waals surface area contributed by atoms with Crippen molar-refractivity contribution in [2.75, 3.05) is 51.3 Å². The molecule has 4 aliphatic heterocycles. The van der Waals surface area contributed by atoms with E-state index in [0.29, 0.717) is 17.9 Å². The summed E-state index contributed by atoms with van der Waals surface area (Å²) < 4.78 is 7.47. The Hall–Kier alpha value is -3.46. The zero-order chi connectivity index (χ0) is 24.5. The molecule has 0 N–H and O–H groups in total. The van der Waals surface area contributed by atoms with Gasteiger partial charge in [0.25, 0.3) is 0 Å². The third-order valence-corrected chi connectivity index (χ3v) is 8.08. The molecule has 7 rings (SSSR count). The molecule has 188 valence electrons. The van der Waals surface area contributed by atoms with Gasteiger partial charge in [0.2, 0.25) is 5.91 Å². The molecule has 2 bridgehead atoms. The second-order valence-corrected chi connectivity index (χ2v) is 10.1. The van der Waals surface area contributed by atoms with Crippen LogP contribution in [0.2, 0.25) is 0 Å². The molecule has 4 fully saturated rings. The number of fused-ring (bicyclic) bond motifs is 3. The van der Waals surface area contributed by atoms with Crippen LogP contribution in [-0.2, 0) is 11.3 Å². The molecule has 3 aromatic rings. The summed E-state index contributed by atoms with van der Waals surface area (Å²) in [6, 6.07) is 14.3. The van der Waals surface area contributed by atoms with E-state index in [9.17, 15) is 4.79 Å². The van der Waals surface area contributed by atoms with E-state index in [4.69, 9.17) is 4.74 Å². The normalized spacial score (nSPS) is 25.7. The van der Waals surface area contributed by atoms with Crippen LogP contribution < -0.4 is 9.64 Å². The standard InChI is InChI=1S/C27H33N7O2/c1-36-26-8-3-2-7-25(26)31-12-14-32(15-13-31)27(35)22-18-33-11-9-20(22)16-21(33)17-34-19-24(29-30-34)23-6-4-5-10-28-23/h2-8,10,19-22H,9,11-18H2,1H3. The Morgan fingerprint density at radius 2 is 1.86 bits per heavy atom. The van der Waals surface area contributed by atoms with E-state index in [1.165, 1.54) is 0 Å². The Kier molecular flexibility index (Phi) is 6.31. The summed E-state index contributed by atoms with van der Waals surface area (Å²) in [5, 5.41) is 8.67. The minimum Gasteiger partial charge on any atom is -0.495 e. The van der Waals surface area contributed by atoms with Crippen LogP contribution in [0.25, 0.3) is 11.4 Å². The molecule has 36 heavy (non-hydrogen) atoms. The average molecular weight is 488 g/mol. The van der Waals surface area contributed by atoms with Crippen molar-refractivity contribution in [2.24, 2.45) is 11.8 Å². The topological polar surface area (TPSA) is 79.6 Å². The minimum atomic E-state index is 0.104. The van der Waals surface area contributed by atoms with Gasteiger partial charge in [-0.2, -0.15) is 0 Å². The predicted octanol–water partition coefficient (Wildman–Crippen LogP) is 2.41. The van der Waals surface area contributed by atoms with Crippen molar-refractivity contribution in [1.82, 2.24) is 29.8 Å². The zero-order valence-corrected chi connectivity index (χ0v) is 20.7. The second kappa shape index (κ2) is 9.89. The van der Waals surface area contributed by atoms with Gasteiger partial charge in [0.05, 0.1) is 37.2 Å². The van der Waals surface area contributed by atoms with Crippen LogP contribution >= 0.6 is 0 Å². The SMILES string of the molecule is COc1ccccc1N1CCN(C(=O)C2CN3CCC2CC3Cn2cc(-c3ccccn3)nn2)CC1. The molecule has 2 aromatic heterocycles. The van der Waals surface area contributed by atoms with Crippen molar-refractivity contribution in [3.8, 4) is 17.1 Å².